The lowest BCUT2D eigenvalue weighted by molar-refractivity contribution is -0.127. The number of thioether (sulfide) groups is 1. The lowest BCUT2D eigenvalue weighted by Gasteiger charge is -2.18. The molecule has 2 aromatic rings. The van der Waals surface area contributed by atoms with Crippen LogP contribution in [0, 0.1) is 0 Å². The predicted molar refractivity (Wildman–Crippen MR) is 102 cm³/mol. The molecule has 0 spiro atoms. The molecule has 0 radical (unpaired) electrons. The second-order valence-electron chi connectivity index (χ2n) is 5.27. The van der Waals surface area contributed by atoms with E-state index in [0.29, 0.717) is 23.7 Å². The molecule has 0 bridgehead atoms. The van der Waals surface area contributed by atoms with Gasteiger partial charge in [0.15, 0.2) is 6.10 Å². The van der Waals surface area contributed by atoms with Crippen molar-refractivity contribution in [3.63, 3.8) is 0 Å². The average Bonchev–Trinajstić information content (AvgIpc) is 2.61. The monoisotopic (exact) mass is 363 g/mol. The number of benzene rings is 2. The molecule has 2 aromatic carbocycles. The minimum absolute atomic E-state index is 0.0993. The highest BCUT2D eigenvalue weighted by Gasteiger charge is 2.18. The molecular formula is C19H22ClNO2S. The van der Waals surface area contributed by atoms with Gasteiger partial charge in [-0.25, -0.2) is 0 Å². The van der Waals surface area contributed by atoms with Gasteiger partial charge >= 0.3 is 0 Å². The van der Waals surface area contributed by atoms with Crippen LogP contribution in [0.15, 0.2) is 54.6 Å². The second kappa shape index (κ2) is 10.3. The van der Waals surface area contributed by atoms with Crippen LogP contribution < -0.4 is 10.1 Å². The van der Waals surface area contributed by atoms with Crippen molar-refractivity contribution in [2.24, 2.45) is 0 Å². The lowest BCUT2D eigenvalue weighted by Crippen LogP contribution is -2.39. The SMILES string of the molecule is CC[C@@H](Oc1ccccc1Cl)C(=O)NCCSCc1ccccc1. The van der Waals surface area contributed by atoms with Gasteiger partial charge in [0.2, 0.25) is 0 Å². The van der Waals surface area contributed by atoms with Crippen molar-refractivity contribution in [2.75, 3.05) is 12.3 Å². The Morgan fingerprint density at radius 1 is 1.17 bits per heavy atom. The van der Waals surface area contributed by atoms with Crippen molar-refractivity contribution in [2.45, 2.75) is 25.2 Å². The Balaban J connectivity index is 1.71. The van der Waals surface area contributed by atoms with Crippen LogP contribution in [-0.2, 0) is 10.5 Å². The molecule has 0 saturated heterocycles. The Bertz CT molecular complexity index is 636. The normalized spacial score (nSPS) is 11.8. The Hall–Kier alpha value is -1.65. The summed E-state index contributed by atoms with van der Waals surface area (Å²) in [5.41, 5.74) is 1.29. The Morgan fingerprint density at radius 2 is 1.88 bits per heavy atom. The third kappa shape index (κ3) is 6.10. The molecule has 1 amide bonds. The van der Waals surface area contributed by atoms with Gasteiger partial charge in [-0.3, -0.25) is 4.79 Å². The fourth-order valence-corrected chi connectivity index (χ4v) is 3.14. The van der Waals surface area contributed by atoms with E-state index in [1.807, 2.05) is 37.3 Å². The molecule has 0 aromatic heterocycles. The first-order valence-corrected chi connectivity index (χ1v) is 9.54. The summed E-state index contributed by atoms with van der Waals surface area (Å²) in [5, 5.41) is 3.45. The van der Waals surface area contributed by atoms with Crippen LogP contribution in [0.5, 0.6) is 5.75 Å². The number of hydrogen-bond donors (Lipinski definition) is 1. The summed E-state index contributed by atoms with van der Waals surface area (Å²) in [4.78, 5) is 12.2. The number of ether oxygens (including phenoxy) is 1. The molecule has 0 heterocycles. The van der Waals surface area contributed by atoms with Gasteiger partial charge in [-0.2, -0.15) is 11.8 Å². The zero-order valence-corrected chi connectivity index (χ0v) is 15.3. The molecule has 128 valence electrons. The van der Waals surface area contributed by atoms with Gasteiger partial charge in [-0.1, -0.05) is 61.0 Å². The first kappa shape index (κ1) is 18.7. The summed E-state index contributed by atoms with van der Waals surface area (Å²) in [6.45, 7) is 2.55. The molecule has 0 fully saturated rings. The maximum atomic E-state index is 12.2. The molecule has 3 nitrogen and oxygen atoms in total. The summed E-state index contributed by atoms with van der Waals surface area (Å²) in [6, 6.07) is 17.5. The maximum Gasteiger partial charge on any atom is 0.261 e. The molecule has 24 heavy (non-hydrogen) atoms. The largest absolute Gasteiger partial charge is 0.479 e. The molecule has 1 atom stereocenters. The van der Waals surface area contributed by atoms with Crippen LogP contribution in [0.25, 0.3) is 0 Å². The van der Waals surface area contributed by atoms with E-state index in [0.717, 1.165) is 11.5 Å². The molecule has 2 rings (SSSR count). The highest BCUT2D eigenvalue weighted by molar-refractivity contribution is 7.98. The van der Waals surface area contributed by atoms with E-state index in [1.54, 1.807) is 23.9 Å². The smallest absolute Gasteiger partial charge is 0.261 e. The van der Waals surface area contributed by atoms with Crippen molar-refractivity contribution < 1.29 is 9.53 Å². The first-order chi connectivity index (χ1) is 11.7. The molecule has 0 aliphatic rings. The fourth-order valence-electron chi connectivity index (χ4n) is 2.14. The first-order valence-electron chi connectivity index (χ1n) is 8.01. The summed E-state index contributed by atoms with van der Waals surface area (Å²) in [6.07, 6.45) is 0.0674. The van der Waals surface area contributed by atoms with Crippen LogP contribution in [0.1, 0.15) is 18.9 Å². The molecule has 0 aliphatic heterocycles. The Kier molecular flexibility index (Phi) is 7.99. The fraction of sp³-hybridized carbons (Fsp3) is 0.316. The van der Waals surface area contributed by atoms with Gasteiger partial charge in [0.1, 0.15) is 5.75 Å². The van der Waals surface area contributed by atoms with Crippen LogP contribution in [0.4, 0.5) is 0 Å². The third-order valence-electron chi connectivity index (χ3n) is 3.43. The van der Waals surface area contributed by atoms with Crippen molar-refractivity contribution in [3.8, 4) is 5.75 Å². The topological polar surface area (TPSA) is 38.3 Å². The average molecular weight is 364 g/mol. The van der Waals surface area contributed by atoms with Crippen LogP contribution in [0.3, 0.4) is 0 Å². The molecule has 1 N–H and O–H groups in total. The van der Waals surface area contributed by atoms with Crippen molar-refractivity contribution in [1.29, 1.82) is 0 Å². The molecule has 5 heteroatoms. The van der Waals surface area contributed by atoms with Crippen LogP contribution in [0.2, 0.25) is 5.02 Å². The molecular weight excluding hydrogens is 342 g/mol. The Labute approximate surface area is 152 Å². The lowest BCUT2D eigenvalue weighted by atomic mass is 10.2. The molecule has 0 aliphatic carbocycles. The van der Waals surface area contributed by atoms with Crippen LogP contribution in [-0.4, -0.2) is 24.3 Å². The number of amides is 1. The number of para-hydroxylation sites is 1. The predicted octanol–water partition coefficient (Wildman–Crippen LogP) is 4.55. The summed E-state index contributed by atoms with van der Waals surface area (Å²) in [5.74, 6) is 2.25. The zero-order valence-electron chi connectivity index (χ0n) is 13.7. The summed E-state index contributed by atoms with van der Waals surface area (Å²) >= 11 is 7.87. The van der Waals surface area contributed by atoms with Gasteiger partial charge in [-0.15, -0.1) is 0 Å². The quantitative estimate of drug-likeness (QED) is 0.664. The van der Waals surface area contributed by atoms with Gasteiger partial charge in [-0.05, 0) is 24.1 Å². The van der Waals surface area contributed by atoms with E-state index in [1.165, 1.54) is 5.56 Å². The molecule has 0 saturated carbocycles. The van der Waals surface area contributed by atoms with E-state index in [2.05, 4.69) is 17.4 Å². The number of carbonyl (C=O) groups excluding carboxylic acids is 1. The molecule has 0 unspecified atom stereocenters. The number of hydrogen-bond acceptors (Lipinski definition) is 3. The van der Waals surface area contributed by atoms with Crippen LogP contribution >= 0.6 is 23.4 Å². The van der Waals surface area contributed by atoms with Gasteiger partial charge in [0, 0.05) is 18.1 Å². The van der Waals surface area contributed by atoms with E-state index >= 15 is 0 Å². The number of carbonyl (C=O) groups is 1. The van der Waals surface area contributed by atoms with Crippen molar-refractivity contribution in [1.82, 2.24) is 5.32 Å². The van der Waals surface area contributed by atoms with E-state index in [4.69, 9.17) is 16.3 Å². The Morgan fingerprint density at radius 3 is 2.58 bits per heavy atom. The number of rotatable bonds is 9. The van der Waals surface area contributed by atoms with Gasteiger partial charge < -0.3 is 10.1 Å². The number of nitrogens with one attached hydrogen (secondary N) is 1. The summed E-state index contributed by atoms with van der Waals surface area (Å²) in [7, 11) is 0. The highest BCUT2D eigenvalue weighted by atomic mass is 35.5. The van der Waals surface area contributed by atoms with E-state index in [9.17, 15) is 4.79 Å². The van der Waals surface area contributed by atoms with Gasteiger partial charge in [0.05, 0.1) is 5.02 Å². The zero-order chi connectivity index (χ0) is 17.2. The van der Waals surface area contributed by atoms with Crippen molar-refractivity contribution >= 4 is 29.3 Å². The second-order valence-corrected chi connectivity index (χ2v) is 6.79. The third-order valence-corrected chi connectivity index (χ3v) is 4.77. The number of halogens is 1. The van der Waals surface area contributed by atoms with E-state index in [-0.39, 0.29) is 5.91 Å². The minimum Gasteiger partial charge on any atom is -0.479 e. The highest BCUT2D eigenvalue weighted by Crippen LogP contribution is 2.24. The van der Waals surface area contributed by atoms with E-state index < -0.39 is 6.10 Å². The standard InChI is InChI=1S/C19H22ClNO2S/c1-2-17(23-18-11-7-6-10-16(18)20)19(22)21-12-13-24-14-15-8-4-3-5-9-15/h3-11,17H,2,12-14H2,1H3,(H,21,22)/t17-/m1/s1. The minimum atomic E-state index is -0.524. The maximum absolute atomic E-state index is 12.2. The van der Waals surface area contributed by atoms with Gasteiger partial charge in [0.25, 0.3) is 5.91 Å². The van der Waals surface area contributed by atoms with Crippen molar-refractivity contribution in [3.05, 3.63) is 65.2 Å². The summed E-state index contributed by atoms with van der Waals surface area (Å²) < 4.78 is 5.73.